The molecule has 0 radical (unpaired) electrons. The Morgan fingerprint density at radius 2 is 1.18 bits per heavy atom. The van der Waals surface area contributed by atoms with Crippen molar-refractivity contribution in [2.45, 2.75) is 13.8 Å². The topological polar surface area (TPSA) is 54.0 Å². The first-order valence-electron chi connectivity index (χ1n) is 11.5. The Balaban J connectivity index is 1.81. The number of carbonyl (C=O) groups excluding carboxylic acids is 1. The van der Waals surface area contributed by atoms with Crippen molar-refractivity contribution < 1.29 is 23.7 Å². The molecule has 0 aromatic heterocycles. The Bertz CT molecular complexity index is 1280. The van der Waals surface area contributed by atoms with Gasteiger partial charge in [0.1, 0.15) is 31.3 Å². The number of rotatable bonds is 10. The lowest BCUT2D eigenvalue weighted by Crippen LogP contribution is -2.16. The van der Waals surface area contributed by atoms with Crippen LogP contribution in [0.25, 0.3) is 32.7 Å². The van der Waals surface area contributed by atoms with Gasteiger partial charge in [0.15, 0.2) is 0 Å². The Hall–Kier alpha value is -3.57. The van der Waals surface area contributed by atoms with E-state index in [2.05, 4.69) is 30.3 Å². The van der Waals surface area contributed by atoms with Crippen molar-refractivity contribution in [3.05, 3.63) is 72.8 Å². The fraction of sp³-hybridized carbons (Fsp3) is 0.276. The second-order valence-electron chi connectivity index (χ2n) is 8.33. The molecule has 4 rings (SSSR count). The molecule has 0 atom stereocenters. The van der Waals surface area contributed by atoms with Crippen LogP contribution in [0, 0.1) is 5.92 Å². The quantitative estimate of drug-likeness (QED) is 0.207. The smallest absolute Gasteiger partial charge is 0.308 e. The van der Waals surface area contributed by atoms with Gasteiger partial charge in [0.2, 0.25) is 0 Å². The fourth-order valence-electron chi connectivity index (χ4n) is 3.95. The maximum absolute atomic E-state index is 11.8. The second kappa shape index (κ2) is 11.0. The maximum atomic E-state index is 11.8. The van der Waals surface area contributed by atoms with Crippen LogP contribution >= 0.6 is 0 Å². The molecule has 5 nitrogen and oxygen atoms in total. The SMILES string of the molecule is COCCOc1ccc2ccccc2c1-c1c(OCCOC(=O)C(C)C)ccc2ccccc12. The molecule has 0 aliphatic rings. The first-order chi connectivity index (χ1) is 16.6. The van der Waals surface area contributed by atoms with Crippen molar-refractivity contribution in [1.82, 2.24) is 0 Å². The Morgan fingerprint density at radius 3 is 1.68 bits per heavy atom. The molecule has 0 spiro atoms. The van der Waals surface area contributed by atoms with Crippen LogP contribution in [0.4, 0.5) is 0 Å². The van der Waals surface area contributed by atoms with Gasteiger partial charge in [0.25, 0.3) is 0 Å². The van der Waals surface area contributed by atoms with Gasteiger partial charge < -0.3 is 18.9 Å². The van der Waals surface area contributed by atoms with Crippen LogP contribution in [0.2, 0.25) is 0 Å². The molecule has 0 fully saturated rings. The normalized spacial score (nSPS) is 11.2. The van der Waals surface area contributed by atoms with E-state index >= 15 is 0 Å². The van der Waals surface area contributed by atoms with Crippen LogP contribution < -0.4 is 9.47 Å². The van der Waals surface area contributed by atoms with Crippen LogP contribution in [0.1, 0.15) is 13.8 Å². The highest BCUT2D eigenvalue weighted by atomic mass is 16.6. The molecule has 34 heavy (non-hydrogen) atoms. The summed E-state index contributed by atoms with van der Waals surface area (Å²) in [6.45, 7) is 5.01. The van der Waals surface area contributed by atoms with E-state index in [9.17, 15) is 4.79 Å². The van der Waals surface area contributed by atoms with Gasteiger partial charge >= 0.3 is 5.97 Å². The summed E-state index contributed by atoms with van der Waals surface area (Å²) >= 11 is 0. The minimum atomic E-state index is -0.231. The van der Waals surface area contributed by atoms with E-state index in [1.807, 2.05) is 56.3 Å². The summed E-state index contributed by atoms with van der Waals surface area (Å²) in [6.07, 6.45) is 0. The molecule has 0 saturated heterocycles. The minimum Gasteiger partial charge on any atom is -0.491 e. The highest BCUT2D eigenvalue weighted by Gasteiger charge is 2.19. The third-order valence-electron chi connectivity index (χ3n) is 5.63. The number of carbonyl (C=O) groups is 1. The Morgan fingerprint density at radius 1 is 0.676 bits per heavy atom. The Labute approximate surface area is 200 Å². The van der Waals surface area contributed by atoms with Crippen LogP contribution in [-0.2, 0) is 14.3 Å². The van der Waals surface area contributed by atoms with E-state index in [4.69, 9.17) is 18.9 Å². The zero-order chi connectivity index (χ0) is 23.9. The number of hydrogen-bond donors (Lipinski definition) is 0. The van der Waals surface area contributed by atoms with Crippen molar-refractivity contribution in [3.8, 4) is 22.6 Å². The number of esters is 1. The lowest BCUT2D eigenvalue weighted by molar-refractivity contribution is -0.148. The van der Waals surface area contributed by atoms with Gasteiger partial charge in [0.05, 0.1) is 12.5 Å². The van der Waals surface area contributed by atoms with Crippen molar-refractivity contribution in [2.75, 3.05) is 33.5 Å². The molecule has 0 heterocycles. The number of methoxy groups -OCH3 is 1. The summed E-state index contributed by atoms with van der Waals surface area (Å²) in [5.74, 6) is 1.08. The molecular weight excluding hydrogens is 428 g/mol. The van der Waals surface area contributed by atoms with Crippen LogP contribution in [0.15, 0.2) is 72.8 Å². The average Bonchev–Trinajstić information content (AvgIpc) is 2.86. The summed E-state index contributed by atoms with van der Waals surface area (Å²) in [7, 11) is 1.66. The highest BCUT2D eigenvalue weighted by Crippen LogP contribution is 2.45. The standard InChI is InChI=1S/C29H30O5/c1-20(2)29(30)34-19-18-33-26-15-13-22-9-5-7-11-24(22)28(26)27-23-10-6-4-8-21(23)12-14-25(27)32-17-16-31-3/h4-15,20H,16-19H2,1-3H3. The predicted molar refractivity (Wildman–Crippen MR) is 136 cm³/mol. The molecule has 0 bridgehead atoms. The van der Waals surface area contributed by atoms with E-state index in [0.29, 0.717) is 19.0 Å². The molecule has 0 unspecified atom stereocenters. The zero-order valence-corrected chi connectivity index (χ0v) is 19.9. The van der Waals surface area contributed by atoms with E-state index in [0.717, 1.165) is 38.4 Å². The lowest BCUT2D eigenvalue weighted by atomic mass is 9.92. The molecule has 0 amide bonds. The predicted octanol–water partition coefficient (Wildman–Crippen LogP) is 6.26. The third kappa shape index (κ3) is 5.15. The van der Waals surface area contributed by atoms with Crippen LogP contribution in [-0.4, -0.2) is 39.5 Å². The van der Waals surface area contributed by atoms with Crippen LogP contribution in [0.5, 0.6) is 11.5 Å². The summed E-state index contributed by atoms with van der Waals surface area (Å²) < 4.78 is 22.9. The van der Waals surface area contributed by atoms with E-state index in [1.54, 1.807) is 7.11 Å². The number of ether oxygens (including phenoxy) is 4. The maximum Gasteiger partial charge on any atom is 0.308 e. The van der Waals surface area contributed by atoms with Crippen molar-refractivity contribution in [2.24, 2.45) is 5.92 Å². The first-order valence-corrected chi connectivity index (χ1v) is 11.5. The number of fused-ring (bicyclic) bond motifs is 2. The minimum absolute atomic E-state index is 0.168. The summed E-state index contributed by atoms with van der Waals surface area (Å²) in [5.41, 5.74) is 1.93. The first kappa shape index (κ1) is 23.6. The van der Waals surface area contributed by atoms with E-state index in [1.165, 1.54) is 0 Å². The molecule has 4 aromatic rings. The van der Waals surface area contributed by atoms with Gasteiger partial charge in [-0.3, -0.25) is 4.79 Å². The van der Waals surface area contributed by atoms with Gasteiger partial charge in [-0.15, -0.1) is 0 Å². The molecule has 5 heteroatoms. The van der Waals surface area contributed by atoms with E-state index < -0.39 is 0 Å². The van der Waals surface area contributed by atoms with E-state index in [-0.39, 0.29) is 25.1 Å². The molecule has 4 aromatic carbocycles. The van der Waals surface area contributed by atoms with Crippen LogP contribution in [0.3, 0.4) is 0 Å². The third-order valence-corrected chi connectivity index (χ3v) is 5.63. The highest BCUT2D eigenvalue weighted by molar-refractivity contribution is 6.09. The molecule has 0 aliphatic carbocycles. The largest absolute Gasteiger partial charge is 0.491 e. The fourth-order valence-corrected chi connectivity index (χ4v) is 3.95. The van der Waals surface area contributed by atoms with Crippen molar-refractivity contribution in [3.63, 3.8) is 0 Å². The second-order valence-corrected chi connectivity index (χ2v) is 8.33. The monoisotopic (exact) mass is 458 g/mol. The van der Waals surface area contributed by atoms with Crippen molar-refractivity contribution in [1.29, 1.82) is 0 Å². The number of benzene rings is 4. The van der Waals surface area contributed by atoms with Gasteiger partial charge in [-0.05, 0) is 33.7 Å². The summed E-state index contributed by atoms with van der Waals surface area (Å²) in [4.78, 5) is 11.8. The molecule has 176 valence electrons. The Kier molecular flexibility index (Phi) is 7.65. The van der Waals surface area contributed by atoms with Gasteiger partial charge in [-0.1, -0.05) is 74.5 Å². The van der Waals surface area contributed by atoms with Gasteiger partial charge in [-0.25, -0.2) is 0 Å². The van der Waals surface area contributed by atoms with Gasteiger partial charge in [0, 0.05) is 18.2 Å². The summed E-state index contributed by atoms with van der Waals surface area (Å²) in [5, 5.41) is 4.35. The lowest BCUT2D eigenvalue weighted by Gasteiger charge is -2.20. The molecule has 0 aliphatic heterocycles. The number of hydrogen-bond acceptors (Lipinski definition) is 5. The average molecular weight is 459 g/mol. The zero-order valence-electron chi connectivity index (χ0n) is 19.9. The molecule has 0 N–H and O–H groups in total. The van der Waals surface area contributed by atoms with Crippen molar-refractivity contribution >= 4 is 27.5 Å². The summed E-state index contributed by atoms with van der Waals surface area (Å²) in [6, 6.07) is 24.6. The van der Waals surface area contributed by atoms with Gasteiger partial charge in [-0.2, -0.15) is 0 Å². The molecular formula is C29H30O5. The molecule has 0 saturated carbocycles.